The van der Waals surface area contributed by atoms with E-state index in [4.69, 9.17) is 5.73 Å². The molecule has 0 amide bonds. The number of hydrogen-bond donors (Lipinski definition) is 1. The molecule has 4 nitrogen and oxygen atoms in total. The smallest absolute Gasteiger partial charge is 0.384 e. The summed E-state index contributed by atoms with van der Waals surface area (Å²) in [5, 5.41) is 0. The van der Waals surface area contributed by atoms with Gasteiger partial charge in [0.05, 0.1) is 5.56 Å². The Labute approximate surface area is 111 Å². The molecule has 0 saturated heterocycles. The third kappa shape index (κ3) is 4.63. The van der Waals surface area contributed by atoms with Crippen LogP contribution in [-0.2, 0) is 6.18 Å². The van der Waals surface area contributed by atoms with E-state index >= 15 is 0 Å². The maximum absolute atomic E-state index is 12.0. The van der Waals surface area contributed by atoms with E-state index < -0.39 is 23.3 Å². The number of hydrogen-bond acceptors (Lipinski definition) is 4. The summed E-state index contributed by atoms with van der Waals surface area (Å²) >= 11 is 0. The molecule has 106 valence electrons. The van der Waals surface area contributed by atoms with Crippen LogP contribution in [0.25, 0.3) is 0 Å². The van der Waals surface area contributed by atoms with Crippen molar-refractivity contribution in [2.45, 2.75) is 6.18 Å². The van der Waals surface area contributed by atoms with Crippen LogP contribution in [0.15, 0.2) is 36.7 Å². The van der Waals surface area contributed by atoms with Gasteiger partial charge in [0.2, 0.25) is 5.95 Å². The van der Waals surface area contributed by atoms with E-state index in [1.165, 1.54) is 18.2 Å². The predicted octanol–water partition coefficient (Wildman–Crippen LogP) is 2.72. The maximum atomic E-state index is 12.0. The van der Waals surface area contributed by atoms with Crippen LogP contribution in [0.3, 0.4) is 0 Å². The van der Waals surface area contributed by atoms with E-state index in [0.29, 0.717) is 0 Å². The van der Waals surface area contributed by atoms with Gasteiger partial charge in [0.1, 0.15) is 5.82 Å². The van der Waals surface area contributed by atoms with E-state index in [1.807, 2.05) is 0 Å². The highest BCUT2D eigenvalue weighted by atomic mass is 19.4. The number of carbonyl (C=O) groups excluding carboxylic acids is 1. The van der Waals surface area contributed by atoms with Crippen LogP contribution >= 0.6 is 0 Å². The number of rotatable bonds is 1. The first-order valence-corrected chi connectivity index (χ1v) is 5.19. The zero-order valence-electron chi connectivity index (χ0n) is 9.93. The first-order chi connectivity index (χ1) is 9.34. The summed E-state index contributed by atoms with van der Waals surface area (Å²) in [7, 11) is 0. The SMILES string of the molecule is Nc1cccc(F)n1.O=Cc1cnccc1C(F)(F)F. The van der Waals surface area contributed by atoms with Crippen LogP contribution in [0.4, 0.5) is 23.4 Å². The van der Waals surface area contributed by atoms with Gasteiger partial charge in [-0.25, -0.2) is 4.98 Å². The fraction of sp³-hybridized carbons (Fsp3) is 0.0833. The van der Waals surface area contributed by atoms with Gasteiger partial charge in [0.25, 0.3) is 0 Å². The third-order valence-electron chi connectivity index (χ3n) is 2.02. The van der Waals surface area contributed by atoms with Gasteiger partial charge in [-0.3, -0.25) is 9.78 Å². The number of anilines is 1. The molecular weight excluding hydrogens is 278 g/mol. The topological polar surface area (TPSA) is 68.9 Å². The number of alkyl halides is 3. The number of nitrogens with two attached hydrogens (primary N) is 1. The molecule has 0 aliphatic rings. The van der Waals surface area contributed by atoms with Crippen LogP contribution in [0.5, 0.6) is 0 Å². The molecule has 2 rings (SSSR count). The second-order valence-electron chi connectivity index (χ2n) is 3.46. The van der Waals surface area contributed by atoms with Crippen LogP contribution in [0.1, 0.15) is 15.9 Å². The number of halogens is 4. The summed E-state index contributed by atoms with van der Waals surface area (Å²) in [6.45, 7) is 0. The summed E-state index contributed by atoms with van der Waals surface area (Å²) in [6.07, 6.45) is -2.47. The van der Waals surface area contributed by atoms with Crippen molar-refractivity contribution in [1.29, 1.82) is 0 Å². The Balaban J connectivity index is 0.000000217. The normalized spacial score (nSPS) is 10.4. The van der Waals surface area contributed by atoms with Gasteiger partial charge in [-0.2, -0.15) is 17.6 Å². The predicted molar refractivity (Wildman–Crippen MR) is 63.2 cm³/mol. The first kappa shape index (κ1) is 15.5. The molecule has 0 spiro atoms. The molecule has 0 aliphatic heterocycles. The number of carbonyl (C=O) groups is 1. The minimum absolute atomic E-state index is 0.135. The summed E-state index contributed by atoms with van der Waals surface area (Å²) in [4.78, 5) is 16.8. The lowest BCUT2D eigenvalue weighted by Crippen LogP contribution is -2.08. The summed E-state index contributed by atoms with van der Waals surface area (Å²) in [5.74, 6) is -0.324. The largest absolute Gasteiger partial charge is 0.417 e. The number of aldehydes is 1. The van der Waals surface area contributed by atoms with Crippen LogP contribution < -0.4 is 5.73 Å². The molecule has 0 fully saturated rings. The fourth-order valence-corrected chi connectivity index (χ4v) is 1.18. The molecule has 0 saturated carbocycles. The molecule has 2 aromatic heterocycles. The highest BCUT2D eigenvalue weighted by Crippen LogP contribution is 2.30. The monoisotopic (exact) mass is 287 g/mol. The minimum Gasteiger partial charge on any atom is -0.384 e. The average molecular weight is 287 g/mol. The van der Waals surface area contributed by atoms with E-state index in [0.717, 1.165) is 18.5 Å². The van der Waals surface area contributed by atoms with Crippen molar-refractivity contribution in [3.8, 4) is 0 Å². The molecule has 0 bridgehead atoms. The molecule has 0 radical (unpaired) electrons. The van der Waals surface area contributed by atoms with Crippen molar-refractivity contribution < 1.29 is 22.4 Å². The lowest BCUT2D eigenvalue weighted by molar-refractivity contribution is -0.137. The zero-order chi connectivity index (χ0) is 15.2. The molecule has 0 atom stereocenters. The van der Waals surface area contributed by atoms with E-state index in [-0.39, 0.29) is 12.1 Å². The van der Waals surface area contributed by atoms with Gasteiger partial charge in [-0.1, -0.05) is 6.07 Å². The standard InChI is InChI=1S/C7H4F3NO.C5H5FN2/c8-7(9,10)6-1-2-11-3-5(6)4-12;6-4-2-1-3-5(7)8-4/h1-4H;1-3H,(H2,7,8). The van der Waals surface area contributed by atoms with Crippen LogP contribution in [-0.4, -0.2) is 16.3 Å². The average Bonchev–Trinajstić information content (AvgIpc) is 2.38. The second-order valence-corrected chi connectivity index (χ2v) is 3.46. The van der Waals surface area contributed by atoms with Crippen LogP contribution in [0, 0.1) is 5.95 Å². The van der Waals surface area contributed by atoms with Gasteiger partial charge in [0.15, 0.2) is 6.29 Å². The number of aromatic nitrogens is 2. The molecule has 2 N–H and O–H groups in total. The number of pyridine rings is 2. The van der Waals surface area contributed by atoms with Gasteiger partial charge < -0.3 is 5.73 Å². The van der Waals surface area contributed by atoms with Crippen molar-refractivity contribution in [2.75, 3.05) is 5.73 Å². The van der Waals surface area contributed by atoms with Gasteiger partial charge in [-0.05, 0) is 18.2 Å². The second kappa shape index (κ2) is 6.60. The minimum atomic E-state index is -4.49. The summed E-state index contributed by atoms with van der Waals surface area (Å²) < 4.78 is 48.1. The molecule has 2 heterocycles. The van der Waals surface area contributed by atoms with E-state index in [2.05, 4.69) is 9.97 Å². The van der Waals surface area contributed by atoms with Gasteiger partial charge in [-0.15, -0.1) is 0 Å². The van der Waals surface area contributed by atoms with Crippen molar-refractivity contribution in [3.63, 3.8) is 0 Å². The fourth-order valence-electron chi connectivity index (χ4n) is 1.18. The molecule has 2 aromatic rings. The highest BCUT2D eigenvalue weighted by Gasteiger charge is 2.32. The van der Waals surface area contributed by atoms with Crippen molar-refractivity contribution in [2.24, 2.45) is 0 Å². The Hall–Kier alpha value is -2.51. The molecule has 20 heavy (non-hydrogen) atoms. The van der Waals surface area contributed by atoms with Crippen LogP contribution in [0.2, 0.25) is 0 Å². The third-order valence-corrected chi connectivity index (χ3v) is 2.02. The Morgan fingerprint density at radius 2 is 1.90 bits per heavy atom. The van der Waals surface area contributed by atoms with Gasteiger partial charge >= 0.3 is 6.18 Å². The number of nitrogen functional groups attached to an aromatic ring is 1. The summed E-state index contributed by atoms with van der Waals surface area (Å²) in [6, 6.07) is 5.06. The molecule has 0 aromatic carbocycles. The Morgan fingerprint density at radius 1 is 1.20 bits per heavy atom. The summed E-state index contributed by atoms with van der Waals surface area (Å²) in [5.41, 5.74) is 3.72. The van der Waals surface area contributed by atoms with Crippen molar-refractivity contribution in [3.05, 3.63) is 53.7 Å². The Kier molecular flexibility index (Phi) is 5.13. The van der Waals surface area contributed by atoms with Gasteiger partial charge in [0, 0.05) is 18.0 Å². The molecule has 8 heteroatoms. The lowest BCUT2D eigenvalue weighted by Gasteiger charge is -2.07. The molecule has 0 aliphatic carbocycles. The van der Waals surface area contributed by atoms with E-state index in [1.54, 1.807) is 0 Å². The van der Waals surface area contributed by atoms with Crippen molar-refractivity contribution in [1.82, 2.24) is 9.97 Å². The van der Waals surface area contributed by atoms with E-state index in [9.17, 15) is 22.4 Å². The zero-order valence-corrected chi connectivity index (χ0v) is 9.93. The molecule has 0 unspecified atom stereocenters. The Bertz CT molecular complexity index is 570. The van der Waals surface area contributed by atoms with Crippen molar-refractivity contribution >= 4 is 12.1 Å². The highest BCUT2D eigenvalue weighted by molar-refractivity contribution is 5.76. The first-order valence-electron chi connectivity index (χ1n) is 5.19. The molecular formula is C12H9F4N3O. The number of nitrogens with zero attached hydrogens (tertiary/aromatic N) is 2. The lowest BCUT2D eigenvalue weighted by atomic mass is 10.1. The quantitative estimate of drug-likeness (QED) is 0.497. The Morgan fingerprint density at radius 3 is 2.30 bits per heavy atom. The maximum Gasteiger partial charge on any atom is 0.417 e.